The minimum absolute atomic E-state index is 0. The molecular weight excluding hydrogens is 751 g/mol. The summed E-state index contributed by atoms with van der Waals surface area (Å²) in [6, 6.07) is 65.2. The van der Waals surface area contributed by atoms with Crippen LogP contribution in [0.15, 0.2) is 200 Å². The van der Waals surface area contributed by atoms with Crippen LogP contribution in [0.3, 0.4) is 0 Å². The third-order valence-corrected chi connectivity index (χ3v) is 10.9. The summed E-state index contributed by atoms with van der Waals surface area (Å²) in [6.45, 7) is 0. The van der Waals surface area contributed by atoms with Crippen molar-refractivity contribution >= 4 is 30.3 Å². The summed E-state index contributed by atoms with van der Waals surface area (Å²) < 4.78 is 1.42. The number of allylic oxidation sites excluding steroid dienone is 4. The average molecular weight is 786 g/mol. The van der Waals surface area contributed by atoms with Crippen molar-refractivity contribution in [3.63, 3.8) is 0 Å². The molecule has 3 heteroatoms. The number of fused-ring (bicyclic) bond motifs is 3. The zero-order valence-corrected chi connectivity index (χ0v) is 32.5. The Morgan fingerprint density at radius 2 is 1.00 bits per heavy atom. The fraction of sp³-hybridized carbons (Fsp3) is 0.0204. The van der Waals surface area contributed by atoms with Gasteiger partial charge in [-0.05, 0) is 34.2 Å². The Morgan fingerprint density at radius 1 is 0.500 bits per heavy atom. The number of rotatable bonds is 6. The van der Waals surface area contributed by atoms with Crippen molar-refractivity contribution in [1.29, 1.82) is 0 Å². The van der Waals surface area contributed by atoms with Crippen LogP contribution in [0.5, 0.6) is 0 Å². The van der Waals surface area contributed by atoms with Gasteiger partial charge in [0.2, 0.25) is 0 Å². The summed E-state index contributed by atoms with van der Waals surface area (Å²) in [5.41, 5.74) is 13.1. The van der Waals surface area contributed by atoms with Crippen LogP contribution in [0.1, 0.15) is 23.1 Å². The number of hydrogen-bond acceptors (Lipinski definition) is 0. The summed E-state index contributed by atoms with van der Waals surface area (Å²) in [5, 5.41) is 5.29. The van der Waals surface area contributed by atoms with Crippen molar-refractivity contribution in [2.75, 3.05) is 0 Å². The average Bonchev–Trinajstić information content (AvgIpc) is 3.88. The number of hydrogen-bond donors (Lipinski definition) is 0. The van der Waals surface area contributed by atoms with Gasteiger partial charge in [-0.2, -0.15) is 0 Å². The molecule has 0 amide bonds. The third kappa shape index (κ3) is 7.55. The van der Waals surface area contributed by atoms with Crippen LogP contribution in [-0.2, 0) is 24.2 Å². The monoisotopic (exact) mass is 783 g/mol. The van der Waals surface area contributed by atoms with Crippen molar-refractivity contribution in [2.24, 2.45) is 0 Å². The fourth-order valence-electron chi connectivity index (χ4n) is 7.15. The standard InChI is InChI=1S/C36H25.C13H10.2ClH.Zr/c1-4-13-25(14-5-1)30-22-12-21-29-23-32-33(34(29)30)24-31(26-15-6-2-7-16-26)35(27-17-8-3-9-18-27)36(32)28-19-10-11-20-28;1-3-7-12(8-4-1)11-13-9-5-2-6-10-13;;;/h1-19,21-24H,20H2;1-10H;2*1H;/q-1;;;;+2/p-2. The molecule has 0 saturated carbocycles. The van der Waals surface area contributed by atoms with Gasteiger partial charge >= 0.3 is 99.2 Å². The molecule has 0 spiro atoms. The van der Waals surface area contributed by atoms with Crippen molar-refractivity contribution in [2.45, 2.75) is 6.42 Å². The predicted molar refractivity (Wildman–Crippen MR) is 211 cm³/mol. The molecule has 52 heavy (non-hydrogen) atoms. The fourth-order valence-corrected chi connectivity index (χ4v) is 7.97. The van der Waals surface area contributed by atoms with E-state index in [0.29, 0.717) is 0 Å². The first-order valence-electron chi connectivity index (χ1n) is 17.2. The summed E-state index contributed by atoms with van der Waals surface area (Å²) >= 11 is 1.46. The predicted octanol–water partition coefficient (Wildman–Crippen LogP) is 6.87. The first-order valence-corrected chi connectivity index (χ1v) is 18.4. The van der Waals surface area contributed by atoms with Gasteiger partial charge in [0.1, 0.15) is 0 Å². The van der Waals surface area contributed by atoms with E-state index in [4.69, 9.17) is 0 Å². The van der Waals surface area contributed by atoms with Gasteiger partial charge in [0.05, 0.1) is 0 Å². The van der Waals surface area contributed by atoms with Gasteiger partial charge in [-0.1, -0.05) is 144 Å². The Morgan fingerprint density at radius 3 is 1.52 bits per heavy atom. The minimum atomic E-state index is 0. The molecule has 0 atom stereocenters. The van der Waals surface area contributed by atoms with Gasteiger partial charge in [-0.3, -0.25) is 0 Å². The Balaban J connectivity index is 0.000000246. The van der Waals surface area contributed by atoms with Gasteiger partial charge in [-0.15, -0.1) is 33.7 Å². The molecule has 0 heterocycles. The molecule has 0 aromatic heterocycles. The van der Waals surface area contributed by atoms with E-state index in [2.05, 4.69) is 200 Å². The molecule has 9 rings (SSSR count). The third-order valence-electron chi connectivity index (χ3n) is 9.48. The van der Waals surface area contributed by atoms with E-state index in [0.717, 1.165) is 6.42 Å². The van der Waals surface area contributed by atoms with Crippen LogP contribution in [0.4, 0.5) is 0 Å². The van der Waals surface area contributed by atoms with E-state index < -0.39 is 0 Å². The normalized spacial score (nSPS) is 11.6. The van der Waals surface area contributed by atoms with Crippen molar-refractivity contribution in [3.05, 3.63) is 217 Å². The van der Waals surface area contributed by atoms with E-state index in [1.54, 1.807) is 0 Å². The molecule has 0 N–H and O–H groups in total. The molecule has 250 valence electrons. The first-order chi connectivity index (χ1) is 24.8. The van der Waals surface area contributed by atoms with Gasteiger partial charge in [0.15, 0.2) is 0 Å². The number of halogens is 2. The molecule has 8 aromatic carbocycles. The molecule has 0 bridgehead atoms. The molecule has 0 aliphatic heterocycles. The second-order valence-electron chi connectivity index (χ2n) is 12.6. The molecular formula is C49H35Cl2Zr-. The quantitative estimate of drug-likeness (QED) is 0.162. The summed E-state index contributed by atoms with van der Waals surface area (Å²) in [4.78, 5) is 0. The van der Waals surface area contributed by atoms with Gasteiger partial charge in [-0.25, -0.2) is 0 Å². The second-order valence-corrected chi connectivity index (χ2v) is 13.8. The van der Waals surface area contributed by atoms with E-state index >= 15 is 0 Å². The van der Waals surface area contributed by atoms with Crippen LogP contribution in [0.2, 0.25) is 0 Å². The maximum absolute atomic E-state index is 2.44. The molecule has 0 radical (unpaired) electrons. The van der Waals surface area contributed by atoms with Gasteiger partial charge in [0.25, 0.3) is 0 Å². The zero-order valence-electron chi connectivity index (χ0n) is 28.5. The maximum atomic E-state index is 2.44. The van der Waals surface area contributed by atoms with Crippen molar-refractivity contribution < 1.29 is 49.0 Å². The SMILES string of the molecule is C1=CCC(c2c(-c3ccccc3)c(-c3ccccc3)cc3c2[cH-]c2cccc(-c4ccccc4)c23)=C1.[Cl-].[Cl-].[Zr+2]=[C](c1ccccc1)c1ccccc1. The molecule has 1 aliphatic carbocycles. The molecule has 0 fully saturated rings. The Hall–Kier alpha value is -4.78. The van der Waals surface area contributed by atoms with Crippen LogP contribution in [-0.4, -0.2) is 3.21 Å². The van der Waals surface area contributed by atoms with E-state index in [-0.39, 0.29) is 24.8 Å². The molecule has 8 aromatic rings. The molecule has 1 aliphatic rings. The Bertz CT molecular complexity index is 2440. The summed E-state index contributed by atoms with van der Waals surface area (Å²) in [6.07, 6.45) is 7.72. The molecule has 0 saturated heterocycles. The zero-order chi connectivity index (χ0) is 33.7. The summed E-state index contributed by atoms with van der Waals surface area (Å²) in [7, 11) is 0. The van der Waals surface area contributed by atoms with Crippen LogP contribution >= 0.6 is 0 Å². The molecule has 0 nitrogen and oxygen atoms in total. The van der Waals surface area contributed by atoms with E-state index in [1.165, 1.54) is 105 Å². The van der Waals surface area contributed by atoms with Crippen molar-refractivity contribution in [1.82, 2.24) is 0 Å². The number of benzene rings is 7. The van der Waals surface area contributed by atoms with Gasteiger partial charge in [0, 0.05) is 0 Å². The van der Waals surface area contributed by atoms with E-state index in [9.17, 15) is 0 Å². The van der Waals surface area contributed by atoms with Crippen LogP contribution in [0, 0.1) is 0 Å². The topological polar surface area (TPSA) is 0 Å². The van der Waals surface area contributed by atoms with E-state index in [1.807, 2.05) is 0 Å². The van der Waals surface area contributed by atoms with Gasteiger partial charge < -0.3 is 24.8 Å². The van der Waals surface area contributed by atoms with Crippen LogP contribution in [0.25, 0.3) is 60.5 Å². The van der Waals surface area contributed by atoms with Crippen molar-refractivity contribution in [3.8, 4) is 33.4 Å². The first kappa shape index (κ1) is 37.0. The Labute approximate surface area is 333 Å². The van der Waals surface area contributed by atoms with Crippen LogP contribution < -0.4 is 24.8 Å². The summed E-state index contributed by atoms with van der Waals surface area (Å²) in [5.74, 6) is 0. The second kappa shape index (κ2) is 17.2. The molecule has 0 unspecified atom stereocenters. The Kier molecular flexibility index (Phi) is 12.2.